The van der Waals surface area contributed by atoms with Crippen LogP contribution in [0.15, 0.2) is 85.1 Å². The first kappa shape index (κ1) is 43.9. The van der Waals surface area contributed by atoms with Crippen molar-refractivity contribution in [3.63, 3.8) is 0 Å². The SMILES string of the molecule is CN[C@@H](C)C(=O)N[C@H]1Cc2ccc(cc2)NC(=O)CCCc2cn(nn2)CCOc2ccc(cc2)C[C@@H](C(=O)O)NC(=O)[C@H](Cc2ccccc2)NC(=O)[C@@H]2CCCN2C1=O. The number of aryl methyl sites for hydroxylation is 1. The smallest absolute Gasteiger partial charge is 0.326 e. The summed E-state index contributed by atoms with van der Waals surface area (Å²) in [5.74, 6) is -3.00. The first-order valence-electron chi connectivity index (χ1n) is 20.6. The maximum absolute atomic E-state index is 14.4. The Kier molecular flexibility index (Phi) is 15.2. The highest BCUT2D eigenvalue weighted by Gasteiger charge is 2.39. The van der Waals surface area contributed by atoms with E-state index < -0.39 is 59.8 Å². The summed E-state index contributed by atoms with van der Waals surface area (Å²) < 4.78 is 7.55. The number of hydrogen-bond acceptors (Lipinski definition) is 10. The third kappa shape index (κ3) is 12.5. The van der Waals surface area contributed by atoms with Gasteiger partial charge in [-0.25, -0.2) is 9.48 Å². The molecular formula is C44H53N9O8. The standard InChI is InChI=1S/C44H53N9O8/c1-28(45-2)40(55)48-36-25-30-13-17-32(18-14-30)46-39(54)12-6-10-33-27-52(51-50-33)22-23-61-34-19-15-31(16-20-34)26-37(44(59)60)49-41(56)35(24-29-8-4-3-5-9-29)47-42(57)38-11-7-21-53(38)43(36)58/h3-5,8-9,13-20,27-28,35-38,45H,6-7,10-12,21-26H2,1-2H3,(H,46,54)(H,47,57)(H,48,55)(H,49,56)(H,59,60)/t28-,35-,36-,37-,38-/m0/s1. The molecule has 4 aromatic rings. The number of aromatic nitrogens is 3. The van der Waals surface area contributed by atoms with E-state index in [-0.39, 0.29) is 38.1 Å². The van der Waals surface area contributed by atoms with E-state index in [1.807, 2.05) is 12.3 Å². The van der Waals surface area contributed by atoms with Gasteiger partial charge >= 0.3 is 5.97 Å². The van der Waals surface area contributed by atoms with Crippen LogP contribution in [0.25, 0.3) is 0 Å². The van der Waals surface area contributed by atoms with Crippen molar-refractivity contribution in [2.24, 2.45) is 0 Å². The van der Waals surface area contributed by atoms with Crippen LogP contribution in [0.2, 0.25) is 0 Å². The summed E-state index contributed by atoms with van der Waals surface area (Å²) in [6.07, 6.45) is 4.12. The minimum atomic E-state index is -1.32. The fourth-order valence-electron chi connectivity index (χ4n) is 7.32. The number of hydrogen-bond donors (Lipinski definition) is 6. The third-order valence-corrected chi connectivity index (χ3v) is 10.9. The van der Waals surface area contributed by atoms with E-state index in [0.29, 0.717) is 61.4 Å². The Bertz CT molecular complexity index is 2150. The van der Waals surface area contributed by atoms with Crippen LogP contribution < -0.4 is 31.3 Å². The highest BCUT2D eigenvalue weighted by Crippen LogP contribution is 2.22. The van der Waals surface area contributed by atoms with Crippen LogP contribution in [-0.4, -0.2) is 111 Å². The molecule has 322 valence electrons. The largest absolute Gasteiger partial charge is 0.492 e. The van der Waals surface area contributed by atoms with Crippen molar-refractivity contribution in [3.8, 4) is 5.75 Å². The van der Waals surface area contributed by atoms with Crippen LogP contribution in [0, 0.1) is 0 Å². The Labute approximate surface area is 354 Å². The number of benzene rings is 3. The van der Waals surface area contributed by atoms with E-state index in [4.69, 9.17) is 4.74 Å². The minimum Gasteiger partial charge on any atom is -0.492 e. The molecule has 0 unspecified atom stereocenters. The molecule has 17 nitrogen and oxygen atoms in total. The van der Waals surface area contributed by atoms with Gasteiger partial charge in [0.15, 0.2) is 0 Å². The number of aliphatic carboxylic acids is 1. The van der Waals surface area contributed by atoms with Crippen LogP contribution in [0.1, 0.15) is 55.0 Å². The lowest BCUT2D eigenvalue weighted by Gasteiger charge is -2.30. The van der Waals surface area contributed by atoms with Gasteiger partial charge in [-0.1, -0.05) is 59.8 Å². The maximum atomic E-state index is 14.4. The number of carbonyl (C=O) groups is 6. The molecule has 6 bridgehead atoms. The maximum Gasteiger partial charge on any atom is 0.326 e. The molecule has 5 amide bonds. The van der Waals surface area contributed by atoms with Crippen molar-refractivity contribution in [3.05, 3.63) is 107 Å². The lowest BCUT2D eigenvalue weighted by Crippen LogP contribution is -2.58. The molecule has 1 aromatic heterocycles. The number of rotatable bonds is 6. The normalized spacial score (nSPS) is 21.5. The molecule has 0 saturated carbocycles. The second-order valence-corrected chi connectivity index (χ2v) is 15.4. The lowest BCUT2D eigenvalue weighted by atomic mass is 10.0. The zero-order chi connectivity index (χ0) is 43.3. The number of likely N-dealkylation sites (N-methyl/N-ethyl adjacent to an activating group) is 1. The summed E-state index contributed by atoms with van der Waals surface area (Å²) >= 11 is 0. The second-order valence-electron chi connectivity index (χ2n) is 15.4. The molecule has 0 aliphatic carbocycles. The number of carboxylic acid groups (broad SMARTS) is 1. The van der Waals surface area contributed by atoms with Gasteiger partial charge in [0.05, 0.1) is 18.3 Å². The summed E-state index contributed by atoms with van der Waals surface area (Å²) in [5.41, 5.74) is 3.38. The van der Waals surface area contributed by atoms with Gasteiger partial charge in [-0.05, 0) is 80.6 Å². The Balaban J connectivity index is 1.26. The van der Waals surface area contributed by atoms with Gasteiger partial charge in [0.25, 0.3) is 0 Å². The predicted molar refractivity (Wildman–Crippen MR) is 224 cm³/mol. The molecule has 5 atom stereocenters. The molecule has 61 heavy (non-hydrogen) atoms. The van der Waals surface area contributed by atoms with Crippen molar-refractivity contribution in [1.82, 2.24) is 41.2 Å². The van der Waals surface area contributed by atoms with E-state index in [2.05, 4.69) is 36.9 Å². The monoisotopic (exact) mass is 835 g/mol. The summed E-state index contributed by atoms with van der Waals surface area (Å²) in [7, 11) is 1.63. The van der Waals surface area contributed by atoms with Gasteiger partial charge in [-0.3, -0.25) is 24.0 Å². The van der Waals surface area contributed by atoms with Gasteiger partial charge in [-0.15, -0.1) is 5.10 Å². The zero-order valence-electron chi connectivity index (χ0n) is 34.3. The molecule has 6 N–H and O–H groups in total. The third-order valence-electron chi connectivity index (χ3n) is 10.9. The summed E-state index contributed by atoms with van der Waals surface area (Å²) in [5, 5.41) is 32.7. The topological polar surface area (TPSA) is 226 Å². The van der Waals surface area contributed by atoms with Crippen molar-refractivity contribution < 1.29 is 38.6 Å². The van der Waals surface area contributed by atoms with E-state index >= 15 is 0 Å². The van der Waals surface area contributed by atoms with Gasteiger partial charge in [0.2, 0.25) is 29.5 Å². The molecular weight excluding hydrogens is 783 g/mol. The summed E-state index contributed by atoms with van der Waals surface area (Å²) in [4.78, 5) is 82.4. The fourth-order valence-corrected chi connectivity index (χ4v) is 7.32. The molecule has 6 heterocycles. The highest BCUT2D eigenvalue weighted by molar-refractivity contribution is 5.96. The van der Waals surface area contributed by atoms with E-state index in [1.54, 1.807) is 91.4 Å². The molecule has 3 aromatic carbocycles. The summed E-state index contributed by atoms with van der Waals surface area (Å²) in [6, 6.07) is 17.8. The van der Waals surface area contributed by atoms with Crippen molar-refractivity contribution in [2.45, 2.75) is 95.0 Å². The van der Waals surface area contributed by atoms with Crippen LogP contribution in [0.5, 0.6) is 5.75 Å². The number of carboxylic acids is 1. The molecule has 5 aliphatic rings. The Morgan fingerprint density at radius 1 is 0.885 bits per heavy atom. The van der Waals surface area contributed by atoms with E-state index in [0.717, 1.165) is 11.3 Å². The lowest BCUT2D eigenvalue weighted by molar-refractivity contribution is -0.143. The van der Waals surface area contributed by atoms with Gasteiger partial charge in [0.1, 0.15) is 36.5 Å². The van der Waals surface area contributed by atoms with Crippen molar-refractivity contribution in [2.75, 3.05) is 25.5 Å². The van der Waals surface area contributed by atoms with E-state index in [9.17, 15) is 33.9 Å². The van der Waals surface area contributed by atoms with Gasteiger partial charge in [-0.2, -0.15) is 0 Å². The van der Waals surface area contributed by atoms with Crippen molar-refractivity contribution in [1.29, 1.82) is 0 Å². The number of amides is 5. The fraction of sp³-hybridized carbons (Fsp3) is 0.409. The molecule has 17 heteroatoms. The Morgan fingerprint density at radius 3 is 2.33 bits per heavy atom. The molecule has 5 aliphatic heterocycles. The first-order valence-corrected chi connectivity index (χ1v) is 20.6. The van der Waals surface area contributed by atoms with Crippen LogP contribution in [0.3, 0.4) is 0 Å². The Morgan fingerprint density at radius 2 is 1.61 bits per heavy atom. The number of ether oxygens (including phenoxy) is 1. The molecule has 1 saturated heterocycles. The van der Waals surface area contributed by atoms with E-state index in [1.165, 1.54) is 4.90 Å². The highest BCUT2D eigenvalue weighted by atomic mass is 16.5. The Hall–Kier alpha value is -6.62. The van der Waals surface area contributed by atoms with Gasteiger partial charge in [0, 0.05) is 44.1 Å². The number of anilines is 1. The molecule has 9 rings (SSSR count). The van der Waals surface area contributed by atoms with Crippen LogP contribution in [-0.2, 0) is 61.0 Å². The average molecular weight is 836 g/mol. The molecule has 0 spiro atoms. The average Bonchev–Trinajstić information content (AvgIpc) is 3.94. The number of carbonyl (C=O) groups excluding carboxylic acids is 5. The second kappa shape index (κ2) is 21.1. The minimum absolute atomic E-state index is 0.0380. The first-order chi connectivity index (χ1) is 29.4. The zero-order valence-corrected chi connectivity index (χ0v) is 34.3. The number of nitrogens with zero attached hydrogens (tertiary/aromatic N) is 4. The van der Waals surface area contributed by atoms with Crippen LogP contribution in [0.4, 0.5) is 5.69 Å². The van der Waals surface area contributed by atoms with Crippen molar-refractivity contribution >= 4 is 41.2 Å². The summed E-state index contributed by atoms with van der Waals surface area (Å²) in [6.45, 7) is 2.63. The predicted octanol–water partition coefficient (Wildman–Crippen LogP) is 1.80. The molecule has 1 fully saturated rings. The number of nitrogens with one attached hydrogen (secondary N) is 5. The quantitative estimate of drug-likeness (QED) is 0.164. The van der Waals surface area contributed by atoms with Gasteiger partial charge < -0.3 is 41.3 Å². The molecule has 0 radical (unpaired) electrons. The van der Waals surface area contributed by atoms with Crippen LogP contribution >= 0.6 is 0 Å².